The molecule has 0 N–H and O–H groups in total. The maximum atomic E-state index is 5.89. The van der Waals surface area contributed by atoms with E-state index in [-0.39, 0.29) is 6.10 Å². The van der Waals surface area contributed by atoms with E-state index >= 15 is 0 Å². The van der Waals surface area contributed by atoms with Crippen LogP contribution in [0.4, 0.5) is 0 Å². The fraction of sp³-hybridized carbons (Fsp3) is 0.529. The first-order chi connectivity index (χ1) is 10.7. The summed E-state index contributed by atoms with van der Waals surface area (Å²) in [4.78, 5) is 6.92. The van der Waals surface area contributed by atoms with Gasteiger partial charge in [-0.2, -0.15) is 5.10 Å². The summed E-state index contributed by atoms with van der Waals surface area (Å²) in [6.45, 7) is 8.73. The predicted molar refractivity (Wildman–Crippen MR) is 85.5 cm³/mol. The maximum absolute atomic E-state index is 5.89. The lowest BCUT2D eigenvalue weighted by molar-refractivity contribution is -0.0350. The molecule has 1 unspecified atom stereocenters. The number of nitrogens with zero attached hydrogens (tertiary/aromatic N) is 4. The van der Waals surface area contributed by atoms with Gasteiger partial charge in [0.05, 0.1) is 18.5 Å². The fourth-order valence-electron chi connectivity index (χ4n) is 2.79. The number of hydrogen-bond donors (Lipinski definition) is 0. The Hall–Kier alpha value is -1.72. The van der Waals surface area contributed by atoms with E-state index in [2.05, 4.69) is 47.2 Å². The summed E-state index contributed by atoms with van der Waals surface area (Å²) in [6, 6.07) is 4.17. The molecule has 1 saturated heterocycles. The highest BCUT2D eigenvalue weighted by Gasteiger charge is 2.23. The van der Waals surface area contributed by atoms with Crippen LogP contribution in [0.25, 0.3) is 0 Å². The molecule has 0 radical (unpaired) electrons. The van der Waals surface area contributed by atoms with Gasteiger partial charge in [-0.1, -0.05) is 13.0 Å². The van der Waals surface area contributed by atoms with Gasteiger partial charge in [0.2, 0.25) is 0 Å². The Kier molecular flexibility index (Phi) is 4.85. The monoisotopic (exact) mass is 300 g/mol. The van der Waals surface area contributed by atoms with Crippen molar-refractivity contribution in [2.75, 3.05) is 19.7 Å². The van der Waals surface area contributed by atoms with Gasteiger partial charge in [0.25, 0.3) is 0 Å². The summed E-state index contributed by atoms with van der Waals surface area (Å²) in [5.74, 6) is 0. The zero-order valence-electron chi connectivity index (χ0n) is 13.4. The summed E-state index contributed by atoms with van der Waals surface area (Å²) in [5.41, 5.74) is 3.47. The third-order valence-electron chi connectivity index (χ3n) is 3.96. The van der Waals surface area contributed by atoms with Crippen LogP contribution in [-0.2, 0) is 17.8 Å². The first kappa shape index (κ1) is 15.2. The number of aromatic nitrogens is 3. The van der Waals surface area contributed by atoms with Crippen LogP contribution in [0.2, 0.25) is 0 Å². The van der Waals surface area contributed by atoms with Gasteiger partial charge in [-0.15, -0.1) is 0 Å². The molecule has 0 saturated carbocycles. The second-order valence-corrected chi connectivity index (χ2v) is 5.97. The van der Waals surface area contributed by atoms with Gasteiger partial charge >= 0.3 is 0 Å². The molecule has 2 aromatic rings. The smallest absolute Gasteiger partial charge is 0.112 e. The minimum Gasteiger partial charge on any atom is -0.369 e. The molecule has 0 bridgehead atoms. The standard InChI is InChI=1S/C17H24N4O/c1-3-6-21-12-15(10-19-21)11-20-7-8-22-17(13-20)16-5-4-14(2)9-18-16/h4-5,9-10,12,17H,3,6-8,11,13H2,1-2H3. The van der Waals surface area contributed by atoms with E-state index in [4.69, 9.17) is 4.74 Å². The average Bonchev–Trinajstić information content (AvgIpc) is 2.96. The topological polar surface area (TPSA) is 43.2 Å². The maximum Gasteiger partial charge on any atom is 0.112 e. The van der Waals surface area contributed by atoms with E-state index in [0.717, 1.165) is 44.9 Å². The van der Waals surface area contributed by atoms with Crippen LogP contribution in [-0.4, -0.2) is 39.4 Å². The normalized spacial score (nSPS) is 19.5. The number of aryl methyl sites for hydroxylation is 2. The summed E-state index contributed by atoms with van der Waals surface area (Å²) in [7, 11) is 0. The molecule has 1 aliphatic rings. The highest BCUT2D eigenvalue weighted by atomic mass is 16.5. The Bertz CT molecular complexity index is 593. The Morgan fingerprint density at radius 2 is 2.23 bits per heavy atom. The van der Waals surface area contributed by atoms with Gasteiger partial charge in [0.15, 0.2) is 0 Å². The van der Waals surface area contributed by atoms with Crippen molar-refractivity contribution in [3.63, 3.8) is 0 Å². The van der Waals surface area contributed by atoms with E-state index in [1.165, 1.54) is 11.1 Å². The Morgan fingerprint density at radius 1 is 1.32 bits per heavy atom. The third-order valence-corrected chi connectivity index (χ3v) is 3.96. The van der Waals surface area contributed by atoms with Gasteiger partial charge in [-0.3, -0.25) is 14.6 Å². The molecule has 5 nitrogen and oxygen atoms in total. The fourth-order valence-corrected chi connectivity index (χ4v) is 2.79. The zero-order valence-corrected chi connectivity index (χ0v) is 13.4. The SMILES string of the molecule is CCCn1cc(CN2CCOC(c3ccc(C)cn3)C2)cn1. The van der Waals surface area contributed by atoms with Crippen LogP contribution in [0, 0.1) is 6.92 Å². The van der Waals surface area contributed by atoms with Gasteiger partial charge in [-0.25, -0.2) is 0 Å². The summed E-state index contributed by atoms with van der Waals surface area (Å²) in [6.07, 6.45) is 7.22. The molecule has 1 atom stereocenters. The molecule has 22 heavy (non-hydrogen) atoms. The molecule has 0 spiro atoms. The van der Waals surface area contributed by atoms with Gasteiger partial charge in [-0.05, 0) is 25.0 Å². The molecule has 0 amide bonds. The lowest BCUT2D eigenvalue weighted by Crippen LogP contribution is -2.38. The van der Waals surface area contributed by atoms with Gasteiger partial charge < -0.3 is 4.74 Å². The van der Waals surface area contributed by atoms with Crippen molar-refractivity contribution in [1.82, 2.24) is 19.7 Å². The molecule has 118 valence electrons. The van der Waals surface area contributed by atoms with Crippen molar-refractivity contribution in [3.8, 4) is 0 Å². The van der Waals surface area contributed by atoms with E-state index in [0.29, 0.717) is 0 Å². The van der Waals surface area contributed by atoms with Crippen molar-refractivity contribution in [3.05, 3.63) is 47.5 Å². The van der Waals surface area contributed by atoms with Crippen LogP contribution in [0.1, 0.15) is 36.3 Å². The number of morpholine rings is 1. The summed E-state index contributed by atoms with van der Waals surface area (Å²) >= 11 is 0. The summed E-state index contributed by atoms with van der Waals surface area (Å²) in [5, 5.41) is 4.40. The minimum atomic E-state index is 0.0695. The Morgan fingerprint density at radius 3 is 3.00 bits per heavy atom. The molecule has 1 fully saturated rings. The summed E-state index contributed by atoms with van der Waals surface area (Å²) < 4.78 is 7.91. The van der Waals surface area contributed by atoms with Crippen LogP contribution in [0.5, 0.6) is 0 Å². The molecule has 2 aromatic heterocycles. The largest absolute Gasteiger partial charge is 0.369 e. The number of rotatable bonds is 5. The van der Waals surface area contributed by atoms with E-state index in [9.17, 15) is 0 Å². The number of ether oxygens (including phenoxy) is 1. The molecular formula is C17H24N4O. The van der Waals surface area contributed by atoms with E-state index < -0.39 is 0 Å². The molecule has 0 aliphatic carbocycles. The first-order valence-corrected chi connectivity index (χ1v) is 8.02. The van der Waals surface area contributed by atoms with Crippen LogP contribution >= 0.6 is 0 Å². The van der Waals surface area contributed by atoms with Crippen LogP contribution in [0.3, 0.4) is 0 Å². The highest BCUT2D eigenvalue weighted by Crippen LogP contribution is 2.21. The van der Waals surface area contributed by atoms with Crippen molar-refractivity contribution in [2.45, 2.75) is 39.5 Å². The highest BCUT2D eigenvalue weighted by molar-refractivity contribution is 5.15. The minimum absolute atomic E-state index is 0.0695. The molecule has 0 aromatic carbocycles. The second kappa shape index (κ2) is 7.03. The lowest BCUT2D eigenvalue weighted by Gasteiger charge is -2.32. The Labute approximate surface area is 131 Å². The molecule has 5 heteroatoms. The van der Waals surface area contributed by atoms with E-state index in [1.54, 1.807) is 0 Å². The predicted octanol–water partition coefficient (Wildman–Crippen LogP) is 2.57. The quantitative estimate of drug-likeness (QED) is 0.851. The number of hydrogen-bond acceptors (Lipinski definition) is 4. The third kappa shape index (κ3) is 3.72. The lowest BCUT2D eigenvalue weighted by atomic mass is 10.1. The van der Waals surface area contributed by atoms with Crippen molar-refractivity contribution in [2.24, 2.45) is 0 Å². The first-order valence-electron chi connectivity index (χ1n) is 8.02. The van der Waals surface area contributed by atoms with Crippen molar-refractivity contribution >= 4 is 0 Å². The number of pyridine rings is 1. The van der Waals surface area contributed by atoms with Gasteiger partial charge in [0, 0.05) is 44.1 Å². The zero-order chi connectivity index (χ0) is 15.4. The van der Waals surface area contributed by atoms with Crippen LogP contribution in [0.15, 0.2) is 30.7 Å². The Balaban J connectivity index is 1.61. The van der Waals surface area contributed by atoms with Crippen molar-refractivity contribution in [1.29, 1.82) is 0 Å². The van der Waals surface area contributed by atoms with Gasteiger partial charge in [0.1, 0.15) is 6.10 Å². The van der Waals surface area contributed by atoms with E-state index in [1.807, 2.05) is 17.1 Å². The van der Waals surface area contributed by atoms with Crippen LogP contribution < -0.4 is 0 Å². The molecule has 3 heterocycles. The van der Waals surface area contributed by atoms with Crippen molar-refractivity contribution < 1.29 is 4.74 Å². The molecule has 1 aliphatic heterocycles. The second-order valence-electron chi connectivity index (χ2n) is 5.97. The molecular weight excluding hydrogens is 276 g/mol. The molecule has 3 rings (SSSR count). The average molecular weight is 300 g/mol.